The predicted octanol–water partition coefficient (Wildman–Crippen LogP) is 4.70. The van der Waals surface area contributed by atoms with Gasteiger partial charge in [0.1, 0.15) is 6.04 Å². The highest BCUT2D eigenvalue weighted by atomic mass is 19.2. The molecule has 3 aromatic carbocycles. The van der Waals surface area contributed by atoms with Gasteiger partial charge in [0.15, 0.2) is 17.5 Å². The van der Waals surface area contributed by atoms with Crippen molar-refractivity contribution >= 4 is 28.1 Å². The average molecular weight is 344 g/mol. The van der Waals surface area contributed by atoms with Gasteiger partial charge in [0, 0.05) is 5.69 Å². The largest absolute Gasteiger partial charge is 0.374 e. The Morgan fingerprint density at radius 2 is 1.64 bits per heavy atom. The first-order valence-electron chi connectivity index (χ1n) is 7.65. The number of carbonyl (C=O) groups excluding carboxylic acids is 1. The minimum absolute atomic E-state index is 0.406. The van der Waals surface area contributed by atoms with Crippen LogP contribution in [0.4, 0.5) is 24.5 Å². The highest BCUT2D eigenvalue weighted by molar-refractivity contribution is 5.96. The van der Waals surface area contributed by atoms with E-state index in [1.54, 1.807) is 6.92 Å². The first-order chi connectivity index (χ1) is 12.0. The van der Waals surface area contributed by atoms with E-state index >= 15 is 0 Å². The molecule has 1 atom stereocenters. The van der Waals surface area contributed by atoms with Gasteiger partial charge in [-0.1, -0.05) is 30.3 Å². The van der Waals surface area contributed by atoms with E-state index < -0.39 is 35.1 Å². The molecule has 0 spiro atoms. The van der Waals surface area contributed by atoms with Crippen LogP contribution in [0.2, 0.25) is 0 Å². The molecule has 0 aliphatic rings. The summed E-state index contributed by atoms with van der Waals surface area (Å²) in [5.74, 6) is -4.92. The molecule has 0 fully saturated rings. The lowest BCUT2D eigenvalue weighted by atomic mass is 10.1. The van der Waals surface area contributed by atoms with Crippen molar-refractivity contribution in [3.63, 3.8) is 0 Å². The molecule has 0 saturated carbocycles. The number of benzene rings is 3. The second-order valence-corrected chi connectivity index (χ2v) is 5.64. The molecule has 0 heterocycles. The number of hydrogen-bond acceptors (Lipinski definition) is 2. The second-order valence-electron chi connectivity index (χ2n) is 5.64. The number of anilines is 2. The number of fused-ring (bicyclic) bond motifs is 1. The van der Waals surface area contributed by atoms with Crippen molar-refractivity contribution in [2.75, 3.05) is 10.6 Å². The summed E-state index contributed by atoms with van der Waals surface area (Å²) in [5.41, 5.74) is 0.308. The zero-order valence-electron chi connectivity index (χ0n) is 13.3. The number of carbonyl (C=O) groups is 1. The minimum atomic E-state index is -1.62. The van der Waals surface area contributed by atoms with E-state index in [1.165, 1.54) is 0 Å². The van der Waals surface area contributed by atoms with Crippen LogP contribution in [0.15, 0.2) is 54.6 Å². The fraction of sp³-hybridized carbons (Fsp3) is 0.105. The van der Waals surface area contributed by atoms with Crippen LogP contribution in [0, 0.1) is 17.5 Å². The van der Waals surface area contributed by atoms with E-state index in [-0.39, 0.29) is 0 Å². The number of halogens is 3. The smallest absolute Gasteiger partial charge is 0.246 e. The minimum Gasteiger partial charge on any atom is -0.374 e. The molecular weight excluding hydrogens is 329 g/mol. The molecule has 3 aromatic rings. The Morgan fingerprint density at radius 3 is 2.40 bits per heavy atom. The Hall–Kier alpha value is -3.02. The highest BCUT2D eigenvalue weighted by Crippen LogP contribution is 2.21. The molecule has 6 heteroatoms. The molecule has 3 rings (SSSR count). The lowest BCUT2D eigenvalue weighted by Gasteiger charge is -2.16. The summed E-state index contributed by atoms with van der Waals surface area (Å²) in [4.78, 5) is 12.2. The van der Waals surface area contributed by atoms with E-state index in [0.717, 1.165) is 22.9 Å². The Kier molecular flexibility index (Phi) is 4.61. The monoisotopic (exact) mass is 344 g/mol. The fourth-order valence-electron chi connectivity index (χ4n) is 2.46. The summed E-state index contributed by atoms with van der Waals surface area (Å²) in [5, 5.41) is 7.32. The zero-order valence-corrected chi connectivity index (χ0v) is 13.3. The maximum Gasteiger partial charge on any atom is 0.246 e. The molecule has 128 valence electrons. The Bertz CT molecular complexity index is 943. The van der Waals surface area contributed by atoms with Crippen molar-refractivity contribution in [2.24, 2.45) is 0 Å². The van der Waals surface area contributed by atoms with E-state index in [1.807, 2.05) is 42.5 Å². The first kappa shape index (κ1) is 16.8. The maximum absolute atomic E-state index is 13.6. The van der Waals surface area contributed by atoms with Crippen molar-refractivity contribution in [2.45, 2.75) is 13.0 Å². The molecule has 25 heavy (non-hydrogen) atoms. The fourth-order valence-corrected chi connectivity index (χ4v) is 2.46. The Balaban J connectivity index is 1.73. The summed E-state index contributed by atoms with van der Waals surface area (Å²) in [6.07, 6.45) is 0. The molecule has 0 aliphatic heterocycles. The van der Waals surface area contributed by atoms with Crippen molar-refractivity contribution in [1.82, 2.24) is 0 Å². The molecule has 0 unspecified atom stereocenters. The van der Waals surface area contributed by atoms with Crippen molar-refractivity contribution < 1.29 is 18.0 Å². The Morgan fingerprint density at radius 1 is 0.920 bits per heavy atom. The van der Waals surface area contributed by atoms with E-state index in [0.29, 0.717) is 5.69 Å². The van der Waals surface area contributed by atoms with Gasteiger partial charge in [0.25, 0.3) is 0 Å². The van der Waals surface area contributed by atoms with Gasteiger partial charge in [0.05, 0.1) is 5.69 Å². The molecule has 0 saturated heterocycles. The van der Waals surface area contributed by atoms with Gasteiger partial charge in [-0.3, -0.25) is 4.79 Å². The summed E-state index contributed by atoms with van der Waals surface area (Å²) in [6.45, 7) is 1.59. The van der Waals surface area contributed by atoms with Gasteiger partial charge in [-0.25, -0.2) is 13.2 Å². The number of hydrogen-bond donors (Lipinski definition) is 2. The van der Waals surface area contributed by atoms with Crippen molar-refractivity contribution in [1.29, 1.82) is 0 Å². The number of rotatable bonds is 4. The molecule has 3 nitrogen and oxygen atoms in total. The second kappa shape index (κ2) is 6.84. The molecular formula is C19H15F3N2O. The van der Waals surface area contributed by atoms with Crippen LogP contribution >= 0.6 is 0 Å². The quantitative estimate of drug-likeness (QED) is 0.674. The van der Waals surface area contributed by atoms with Gasteiger partial charge in [0.2, 0.25) is 5.91 Å². The zero-order chi connectivity index (χ0) is 18.0. The highest BCUT2D eigenvalue weighted by Gasteiger charge is 2.18. The first-order valence-corrected chi connectivity index (χ1v) is 7.65. The summed E-state index contributed by atoms with van der Waals surface area (Å²) in [6, 6.07) is 14.4. The molecule has 0 radical (unpaired) electrons. The standard InChI is InChI=1S/C19H15F3N2O/c1-11(19(25)24-16-9-8-15(20)17(21)18(16)22)23-14-7-6-12-4-2-3-5-13(12)10-14/h2-11,23H,1H3,(H,24,25)/t11-/m1/s1. The van der Waals surface area contributed by atoms with Crippen LogP contribution in [0.5, 0.6) is 0 Å². The lowest BCUT2D eigenvalue weighted by molar-refractivity contribution is -0.116. The topological polar surface area (TPSA) is 41.1 Å². The molecule has 0 aromatic heterocycles. The van der Waals surface area contributed by atoms with Gasteiger partial charge >= 0.3 is 0 Å². The third kappa shape index (κ3) is 3.57. The van der Waals surface area contributed by atoms with Gasteiger partial charge < -0.3 is 10.6 Å². The van der Waals surface area contributed by atoms with E-state index in [9.17, 15) is 18.0 Å². The summed E-state index contributed by atoms with van der Waals surface area (Å²) < 4.78 is 39.8. The van der Waals surface area contributed by atoms with Crippen LogP contribution in [0.25, 0.3) is 10.8 Å². The SMILES string of the molecule is C[C@@H](Nc1ccc2ccccc2c1)C(=O)Nc1ccc(F)c(F)c1F. The summed E-state index contributed by atoms with van der Waals surface area (Å²) in [7, 11) is 0. The van der Waals surface area contributed by atoms with Gasteiger partial charge in [-0.05, 0) is 42.0 Å². The molecule has 2 N–H and O–H groups in total. The van der Waals surface area contributed by atoms with Crippen LogP contribution < -0.4 is 10.6 Å². The molecule has 0 bridgehead atoms. The van der Waals surface area contributed by atoms with Gasteiger partial charge in [-0.2, -0.15) is 0 Å². The molecule has 1 amide bonds. The van der Waals surface area contributed by atoms with Crippen molar-refractivity contribution in [3.8, 4) is 0 Å². The number of amides is 1. The van der Waals surface area contributed by atoms with Crippen LogP contribution in [0.3, 0.4) is 0 Å². The van der Waals surface area contributed by atoms with E-state index in [4.69, 9.17) is 0 Å². The van der Waals surface area contributed by atoms with Crippen LogP contribution in [-0.2, 0) is 4.79 Å². The average Bonchev–Trinajstić information content (AvgIpc) is 2.62. The Labute approximate surface area is 142 Å². The third-order valence-corrected chi connectivity index (χ3v) is 3.82. The van der Waals surface area contributed by atoms with Crippen LogP contribution in [-0.4, -0.2) is 11.9 Å². The lowest BCUT2D eigenvalue weighted by Crippen LogP contribution is -2.32. The third-order valence-electron chi connectivity index (χ3n) is 3.82. The summed E-state index contributed by atoms with van der Waals surface area (Å²) >= 11 is 0. The van der Waals surface area contributed by atoms with Crippen molar-refractivity contribution in [3.05, 3.63) is 72.0 Å². The van der Waals surface area contributed by atoms with E-state index in [2.05, 4.69) is 10.6 Å². The van der Waals surface area contributed by atoms with Crippen LogP contribution in [0.1, 0.15) is 6.92 Å². The maximum atomic E-state index is 13.6. The number of nitrogens with one attached hydrogen (secondary N) is 2. The molecule has 0 aliphatic carbocycles. The van der Waals surface area contributed by atoms with Gasteiger partial charge in [-0.15, -0.1) is 0 Å². The normalized spacial score (nSPS) is 12.0. The predicted molar refractivity (Wildman–Crippen MR) is 92.0 cm³/mol.